The van der Waals surface area contributed by atoms with Crippen LogP contribution in [0.1, 0.15) is 46.0 Å². The fourth-order valence-electron chi connectivity index (χ4n) is 2.41. The summed E-state index contributed by atoms with van der Waals surface area (Å²) in [5.41, 5.74) is 0.764. The Kier molecular flexibility index (Phi) is 3.09. The molecule has 0 heterocycles. The monoisotopic (exact) mass is 211 g/mol. The lowest BCUT2D eigenvalue weighted by molar-refractivity contribution is 0.0156. The SMILES string of the molecule is COC(C)(C)CCNCC1(C2CC2)CC1. The van der Waals surface area contributed by atoms with Gasteiger partial charge in [0.2, 0.25) is 0 Å². The Balaban J connectivity index is 1.59. The van der Waals surface area contributed by atoms with Gasteiger partial charge in [-0.1, -0.05) is 0 Å². The Bertz CT molecular complexity index is 217. The molecule has 2 aliphatic carbocycles. The van der Waals surface area contributed by atoms with E-state index >= 15 is 0 Å². The molecule has 0 atom stereocenters. The van der Waals surface area contributed by atoms with Crippen LogP contribution in [-0.4, -0.2) is 25.8 Å². The van der Waals surface area contributed by atoms with Crippen LogP contribution in [0.4, 0.5) is 0 Å². The van der Waals surface area contributed by atoms with Crippen molar-refractivity contribution in [2.75, 3.05) is 20.2 Å². The fraction of sp³-hybridized carbons (Fsp3) is 1.00. The molecular weight excluding hydrogens is 186 g/mol. The number of hydrogen-bond acceptors (Lipinski definition) is 2. The van der Waals surface area contributed by atoms with Crippen molar-refractivity contribution < 1.29 is 4.74 Å². The van der Waals surface area contributed by atoms with Crippen LogP contribution in [0.3, 0.4) is 0 Å². The molecule has 88 valence electrons. The van der Waals surface area contributed by atoms with Crippen LogP contribution in [0.5, 0.6) is 0 Å². The van der Waals surface area contributed by atoms with Crippen LogP contribution in [0, 0.1) is 11.3 Å². The number of ether oxygens (including phenoxy) is 1. The van der Waals surface area contributed by atoms with Gasteiger partial charge in [-0.25, -0.2) is 0 Å². The summed E-state index contributed by atoms with van der Waals surface area (Å²) in [6, 6.07) is 0. The maximum absolute atomic E-state index is 5.41. The first-order valence-corrected chi connectivity index (χ1v) is 6.34. The van der Waals surface area contributed by atoms with Crippen molar-refractivity contribution >= 4 is 0 Å². The molecule has 0 aromatic heterocycles. The lowest BCUT2D eigenvalue weighted by atomic mass is 10.00. The van der Waals surface area contributed by atoms with E-state index in [1.165, 1.54) is 32.2 Å². The molecule has 0 radical (unpaired) electrons. The summed E-state index contributed by atoms with van der Waals surface area (Å²) >= 11 is 0. The van der Waals surface area contributed by atoms with Crippen molar-refractivity contribution in [1.82, 2.24) is 5.32 Å². The first-order chi connectivity index (χ1) is 7.08. The maximum atomic E-state index is 5.41. The van der Waals surface area contributed by atoms with E-state index in [1.54, 1.807) is 7.11 Å². The van der Waals surface area contributed by atoms with Crippen molar-refractivity contribution in [2.45, 2.75) is 51.6 Å². The zero-order valence-corrected chi connectivity index (χ0v) is 10.4. The Morgan fingerprint density at radius 3 is 2.47 bits per heavy atom. The topological polar surface area (TPSA) is 21.3 Å². The Labute approximate surface area is 93.8 Å². The van der Waals surface area contributed by atoms with E-state index in [4.69, 9.17) is 4.74 Å². The predicted octanol–water partition coefficient (Wildman–Crippen LogP) is 2.58. The summed E-state index contributed by atoms with van der Waals surface area (Å²) < 4.78 is 5.41. The van der Waals surface area contributed by atoms with Gasteiger partial charge in [-0.3, -0.25) is 0 Å². The molecule has 2 saturated carbocycles. The summed E-state index contributed by atoms with van der Waals surface area (Å²) in [6.45, 7) is 6.65. The highest BCUT2D eigenvalue weighted by Crippen LogP contribution is 2.60. The van der Waals surface area contributed by atoms with Crippen LogP contribution >= 0.6 is 0 Å². The quantitative estimate of drug-likeness (QED) is 0.654. The van der Waals surface area contributed by atoms with Gasteiger partial charge < -0.3 is 10.1 Å². The normalized spacial score (nSPS) is 24.2. The van der Waals surface area contributed by atoms with Gasteiger partial charge in [-0.2, -0.15) is 0 Å². The third-order valence-corrected chi connectivity index (χ3v) is 4.27. The van der Waals surface area contributed by atoms with E-state index in [0.29, 0.717) is 0 Å². The van der Waals surface area contributed by atoms with Crippen molar-refractivity contribution in [3.05, 3.63) is 0 Å². The molecule has 0 unspecified atom stereocenters. The second-order valence-electron chi connectivity index (χ2n) is 6.03. The number of rotatable bonds is 7. The van der Waals surface area contributed by atoms with Crippen LogP contribution in [-0.2, 0) is 4.74 Å². The van der Waals surface area contributed by atoms with Gasteiger partial charge in [0, 0.05) is 13.7 Å². The molecule has 2 nitrogen and oxygen atoms in total. The molecule has 0 spiro atoms. The minimum Gasteiger partial charge on any atom is -0.379 e. The molecule has 15 heavy (non-hydrogen) atoms. The summed E-state index contributed by atoms with van der Waals surface area (Å²) in [5.74, 6) is 1.07. The molecule has 0 bridgehead atoms. The zero-order valence-electron chi connectivity index (χ0n) is 10.4. The molecule has 2 heteroatoms. The average molecular weight is 211 g/mol. The van der Waals surface area contributed by atoms with E-state index in [1.807, 2.05) is 0 Å². The molecule has 0 saturated heterocycles. The van der Waals surface area contributed by atoms with Crippen molar-refractivity contribution in [3.63, 3.8) is 0 Å². The molecule has 2 rings (SSSR count). The lowest BCUT2D eigenvalue weighted by Crippen LogP contribution is -2.32. The van der Waals surface area contributed by atoms with Gasteiger partial charge in [0.25, 0.3) is 0 Å². The van der Waals surface area contributed by atoms with Crippen molar-refractivity contribution in [2.24, 2.45) is 11.3 Å². The summed E-state index contributed by atoms with van der Waals surface area (Å²) in [7, 11) is 1.80. The standard InChI is InChI=1S/C13H25NO/c1-12(2,15-3)8-9-14-10-13(6-7-13)11-4-5-11/h11,14H,4-10H2,1-3H3. The number of nitrogens with one attached hydrogen (secondary N) is 1. The van der Waals surface area contributed by atoms with Gasteiger partial charge in [-0.05, 0) is 63.8 Å². The number of hydrogen-bond donors (Lipinski definition) is 1. The van der Waals surface area contributed by atoms with E-state index in [2.05, 4.69) is 19.2 Å². The van der Waals surface area contributed by atoms with Gasteiger partial charge in [0.1, 0.15) is 0 Å². The van der Waals surface area contributed by atoms with E-state index in [0.717, 1.165) is 24.3 Å². The summed E-state index contributed by atoms with van der Waals surface area (Å²) in [5, 5.41) is 3.62. The minimum absolute atomic E-state index is 0.0310. The molecule has 0 amide bonds. The smallest absolute Gasteiger partial charge is 0.0634 e. The van der Waals surface area contributed by atoms with Crippen LogP contribution < -0.4 is 5.32 Å². The molecule has 0 aromatic rings. The molecule has 0 aromatic carbocycles. The molecule has 2 aliphatic rings. The van der Waals surface area contributed by atoms with Gasteiger partial charge >= 0.3 is 0 Å². The van der Waals surface area contributed by atoms with Crippen molar-refractivity contribution in [1.29, 1.82) is 0 Å². The zero-order chi connectivity index (χ0) is 10.9. The summed E-state index contributed by atoms with van der Waals surface area (Å²) in [4.78, 5) is 0. The second-order valence-corrected chi connectivity index (χ2v) is 6.03. The Hall–Kier alpha value is -0.0800. The largest absolute Gasteiger partial charge is 0.379 e. The highest BCUT2D eigenvalue weighted by atomic mass is 16.5. The minimum atomic E-state index is 0.0310. The fourth-order valence-corrected chi connectivity index (χ4v) is 2.41. The second kappa shape index (κ2) is 4.06. The lowest BCUT2D eigenvalue weighted by Gasteiger charge is -2.23. The third-order valence-electron chi connectivity index (χ3n) is 4.27. The van der Waals surface area contributed by atoms with Crippen LogP contribution in [0.15, 0.2) is 0 Å². The Morgan fingerprint density at radius 2 is 2.00 bits per heavy atom. The average Bonchev–Trinajstić information content (AvgIpc) is 3.01. The van der Waals surface area contributed by atoms with E-state index < -0.39 is 0 Å². The first kappa shape index (κ1) is 11.4. The third kappa shape index (κ3) is 2.94. The summed E-state index contributed by atoms with van der Waals surface area (Å²) in [6.07, 6.45) is 7.03. The molecule has 0 aliphatic heterocycles. The van der Waals surface area contributed by atoms with Crippen molar-refractivity contribution in [3.8, 4) is 0 Å². The Morgan fingerprint density at radius 1 is 1.33 bits per heavy atom. The highest BCUT2D eigenvalue weighted by molar-refractivity contribution is 5.05. The first-order valence-electron chi connectivity index (χ1n) is 6.34. The predicted molar refractivity (Wildman–Crippen MR) is 63.0 cm³/mol. The van der Waals surface area contributed by atoms with Crippen LogP contribution in [0.2, 0.25) is 0 Å². The van der Waals surface area contributed by atoms with Gasteiger partial charge in [0.05, 0.1) is 5.60 Å². The van der Waals surface area contributed by atoms with Gasteiger partial charge in [0.15, 0.2) is 0 Å². The highest BCUT2D eigenvalue weighted by Gasteiger charge is 2.53. The maximum Gasteiger partial charge on any atom is 0.0634 e. The van der Waals surface area contributed by atoms with Gasteiger partial charge in [-0.15, -0.1) is 0 Å². The number of methoxy groups -OCH3 is 1. The van der Waals surface area contributed by atoms with E-state index in [9.17, 15) is 0 Å². The molecule has 1 N–H and O–H groups in total. The molecule has 2 fully saturated rings. The van der Waals surface area contributed by atoms with E-state index in [-0.39, 0.29) is 5.60 Å². The van der Waals surface area contributed by atoms with Crippen LogP contribution in [0.25, 0.3) is 0 Å². The molecular formula is C13H25NO.